The summed E-state index contributed by atoms with van der Waals surface area (Å²) in [5.74, 6) is 0.0752. The first-order valence-corrected chi connectivity index (χ1v) is 8.41. The van der Waals surface area contributed by atoms with Crippen molar-refractivity contribution < 1.29 is 18.3 Å². The van der Waals surface area contributed by atoms with E-state index in [0.717, 1.165) is 13.1 Å². The summed E-state index contributed by atoms with van der Waals surface area (Å²) in [5, 5.41) is 3.18. The number of nitrogens with one attached hydrogen (secondary N) is 1. The average molecular weight is 361 g/mol. The zero-order valence-corrected chi connectivity index (χ0v) is 14.5. The molecule has 0 unspecified atom stereocenters. The second-order valence-corrected chi connectivity index (χ2v) is 6.17. The molecule has 0 spiro atoms. The molecule has 26 heavy (non-hydrogen) atoms. The molecule has 2 aromatic carbocycles. The van der Waals surface area contributed by atoms with Crippen molar-refractivity contribution in [2.45, 2.75) is 6.61 Å². The van der Waals surface area contributed by atoms with Crippen molar-refractivity contribution in [3.8, 4) is 5.75 Å². The Morgan fingerprint density at radius 2 is 1.69 bits per heavy atom. The molecule has 1 heterocycles. The van der Waals surface area contributed by atoms with E-state index in [-0.39, 0.29) is 11.7 Å². The van der Waals surface area contributed by atoms with Gasteiger partial charge in [0.15, 0.2) is 0 Å². The van der Waals surface area contributed by atoms with E-state index >= 15 is 0 Å². The van der Waals surface area contributed by atoms with E-state index in [2.05, 4.69) is 15.0 Å². The highest BCUT2D eigenvalue weighted by molar-refractivity contribution is 6.00. The van der Waals surface area contributed by atoms with Gasteiger partial charge in [-0.05, 0) is 43.4 Å². The van der Waals surface area contributed by atoms with E-state index in [1.807, 2.05) is 30.1 Å². The Balaban J connectivity index is 1.74. The number of alkyl halides is 2. The third-order valence-electron chi connectivity index (χ3n) is 4.31. The molecule has 138 valence electrons. The standard InChI is InChI=1S/C19H21F2N3O2/c1-23-10-12-24(13-11-23)18(25)16-4-2-3-5-17(16)22-14-6-8-15(9-7-14)26-19(20)21/h2-9,19,22H,10-13H2,1H3. The highest BCUT2D eigenvalue weighted by Crippen LogP contribution is 2.25. The fourth-order valence-corrected chi connectivity index (χ4v) is 2.83. The molecule has 1 aliphatic rings. The molecule has 1 fully saturated rings. The monoisotopic (exact) mass is 361 g/mol. The van der Waals surface area contributed by atoms with Crippen LogP contribution in [0.4, 0.5) is 20.2 Å². The van der Waals surface area contributed by atoms with Gasteiger partial charge in [0.25, 0.3) is 5.91 Å². The third kappa shape index (κ3) is 4.49. The van der Waals surface area contributed by atoms with Crippen LogP contribution in [0.3, 0.4) is 0 Å². The van der Waals surface area contributed by atoms with Crippen LogP contribution in [-0.2, 0) is 0 Å². The lowest BCUT2D eigenvalue weighted by molar-refractivity contribution is -0.0498. The number of benzene rings is 2. The summed E-state index contributed by atoms with van der Waals surface area (Å²) in [7, 11) is 2.04. The predicted molar refractivity (Wildman–Crippen MR) is 96.2 cm³/mol. The lowest BCUT2D eigenvalue weighted by Crippen LogP contribution is -2.47. The number of hydrogen-bond donors (Lipinski definition) is 1. The van der Waals surface area contributed by atoms with Crippen molar-refractivity contribution in [2.75, 3.05) is 38.5 Å². The number of anilines is 2. The van der Waals surface area contributed by atoms with Crippen LogP contribution < -0.4 is 10.1 Å². The van der Waals surface area contributed by atoms with Gasteiger partial charge < -0.3 is 19.9 Å². The molecule has 1 aliphatic heterocycles. The first kappa shape index (κ1) is 18.1. The van der Waals surface area contributed by atoms with Crippen LogP contribution in [0.1, 0.15) is 10.4 Å². The average Bonchev–Trinajstić information content (AvgIpc) is 2.63. The fraction of sp³-hybridized carbons (Fsp3) is 0.316. The van der Waals surface area contributed by atoms with Gasteiger partial charge in [0, 0.05) is 31.9 Å². The van der Waals surface area contributed by atoms with Crippen LogP contribution in [0.2, 0.25) is 0 Å². The zero-order chi connectivity index (χ0) is 18.5. The van der Waals surface area contributed by atoms with Gasteiger partial charge in [-0.3, -0.25) is 4.79 Å². The number of likely N-dealkylation sites (N-methyl/N-ethyl adjacent to an activating group) is 1. The lowest BCUT2D eigenvalue weighted by Gasteiger charge is -2.32. The minimum absolute atomic E-state index is 0.0150. The quantitative estimate of drug-likeness (QED) is 0.886. The Kier molecular flexibility index (Phi) is 5.68. The minimum Gasteiger partial charge on any atom is -0.435 e. The highest BCUT2D eigenvalue weighted by atomic mass is 19.3. The third-order valence-corrected chi connectivity index (χ3v) is 4.31. The molecule has 1 N–H and O–H groups in total. The second-order valence-electron chi connectivity index (χ2n) is 6.17. The second kappa shape index (κ2) is 8.14. The molecule has 0 aromatic heterocycles. The number of halogens is 2. The van der Waals surface area contributed by atoms with Crippen molar-refractivity contribution >= 4 is 17.3 Å². The van der Waals surface area contributed by atoms with Gasteiger partial charge >= 0.3 is 6.61 Å². The maximum absolute atomic E-state index is 12.9. The van der Waals surface area contributed by atoms with Gasteiger partial charge in [-0.15, -0.1) is 0 Å². The Labute approximate surface area is 151 Å². The van der Waals surface area contributed by atoms with Gasteiger partial charge in [-0.2, -0.15) is 8.78 Å². The van der Waals surface area contributed by atoms with E-state index in [1.165, 1.54) is 12.1 Å². The first-order chi connectivity index (χ1) is 12.5. The van der Waals surface area contributed by atoms with E-state index in [0.29, 0.717) is 30.0 Å². The number of piperazine rings is 1. The molecule has 1 saturated heterocycles. The number of carbonyl (C=O) groups is 1. The zero-order valence-electron chi connectivity index (χ0n) is 14.5. The summed E-state index contributed by atoms with van der Waals surface area (Å²) in [6.45, 7) is 0.253. The number of amides is 1. The molecule has 5 nitrogen and oxygen atoms in total. The molecule has 2 aromatic rings. The summed E-state index contributed by atoms with van der Waals surface area (Å²) < 4.78 is 28.8. The van der Waals surface area contributed by atoms with Gasteiger partial charge in [0.05, 0.1) is 11.3 Å². The molecule has 0 atom stereocenters. The number of rotatable bonds is 5. The Morgan fingerprint density at radius 1 is 1.04 bits per heavy atom. The van der Waals surface area contributed by atoms with Crippen molar-refractivity contribution in [2.24, 2.45) is 0 Å². The van der Waals surface area contributed by atoms with Crippen molar-refractivity contribution in [3.05, 3.63) is 54.1 Å². The normalized spacial score (nSPS) is 15.2. The maximum atomic E-state index is 12.9. The van der Waals surface area contributed by atoms with Crippen LogP contribution in [0, 0.1) is 0 Å². The summed E-state index contributed by atoms with van der Waals surface area (Å²) in [6, 6.07) is 13.5. The summed E-state index contributed by atoms with van der Waals surface area (Å²) in [6.07, 6.45) is 0. The van der Waals surface area contributed by atoms with E-state index < -0.39 is 6.61 Å². The summed E-state index contributed by atoms with van der Waals surface area (Å²) in [4.78, 5) is 16.9. The molecule has 1 amide bonds. The van der Waals surface area contributed by atoms with Crippen LogP contribution in [0.5, 0.6) is 5.75 Å². The van der Waals surface area contributed by atoms with Crippen LogP contribution in [0.25, 0.3) is 0 Å². The van der Waals surface area contributed by atoms with E-state index in [1.54, 1.807) is 18.2 Å². The number of para-hydroxylation sites is 1. The number of carbonyl (C=O) groups excluding carboxylic acids is 1. The molecule has 0 saturated carbocycles. The van der Waals surface area contributed by atoms with Crippen LogP contribution in [-0.4, -0.2) is 55.5 Å². The Hall–Kier alpha value is -2.67. The largest absolute Gasteiger partial charge is 0.435 e. The van der Waals surface area contributed by atoms with Crippen molar-refractivity contribution in [1.29, 1.82) is 0 Å². The number of nitrogens with zero attached hydrogens (tertiary/aromatic N) is 2. The molecule has 0 radical (unpaired) electrons. The molecular formula is C19H21F2N3O2. The molecule has 3 rings (SSSR count). The van der Waals surface area contributed by atoms with Gasteiger partial charge in [0.2, 0.25) is 0 Å². The predicted octanol–water partition coefficient (Wildman–Crippen LogP) is 3.42. The highest BCUT2D eigenvalue weighted by Gasteiger charge is 2.22. The Bertz CT molecular complexity index is 745. The van der Waals surface area contributed by atoms with Crippen LogP contribution >= 0.6 is 0 Å². The Morgan fingerprint density at radius 3 is 2.35 bits per heavy atom. The molecule has 0 aliphatic carbocycles. The smallest absolute Gasteiger partial charge is 0.387 e. The minimum atomic E-state index is -2.85. The van der Waals surface area contributed by atoms with E-state index in [9.17, 15) is 13.6 Å². The maximum Gasteiger partial charge on any atom is 0.387 e. The van der Waals surface area contributed by atoms with Gasteiger partial charge in [-0.25, -0.2) is 0 Å². The van der Waals surface area contributed by atoms with Gasteiger partial charge in [-0.1, -0.05) is 12.1 Å². The molecule has 7 heteroatoms. The molecule has 0 bridgehead atoms. The van der Waals surface area contributed by atoms with Gasteiger partial charge in [0.1, 0.15) is 5.75 Å². The van der Waals surface area contributed by atoms with Crippen molar-refractivity contribution in [3.63, 3.8) is 0 Å². The van der Waals surface area contributed by atoms with E-state index in [4.69, 9.17) is 0 Å². The first-order valence-electron chi connectivity index (χ1n) is 8.41. The van der Waals surface area contributed by atoms with Crippen molar-refractivity contribution in [1.82, 2.24) is 9.80 Å². The number of ether oxygens (including phenoxy) is 1. The summed E-state index contributed by atoms with van der Waals surface area (Å²) >= 11 is 0. The topological polar surface area (TPSA) is 44.8 Å². The lowest BCUT2D eigenvalue weighted by atomic mass is 10.1. The SMILES string of the molecule is CN1CCN(C(=O)c2ccccc2Nc2ccc(OC(F)F)cc2)CC1. The van der Waals surface area contributed by atoms with Crippen LogP contribution in [0.15, 0.2) is 48.5 Å². The summed E-state index contributed by atoms with van der Waals surface area (Å²) in [5.41, 5.74) is 1.95. The molecular weight excluding hydrogens is 340 g/mol. The number of hydrogen-bond acceptors (Lipinski definition) is 4. The fourth-order valence-electron chi connectivity index (χ4n) is 2.83.